The van der Waals surface area contributed by atoms with Crippen LogP contribution in [0.4, 0.5) is 10.7 Å². The predicted molar refractivity (Wildman–Crippen MR) is 134 cm³/mol. The summed E-state index contributed by atoms with van der Waals surface area (Å²) < 4.78 is 0.723. The molecule has 3 heterocycles. The molecule has 0 spiro atoms. The fourth-order valence-electron chi connectivity index (χ4n) is 4.76. The van der Waals surface area contributed by atoms with Gasteiger partial charge in [0.2, 0.25) is 5.95 Å². The van der Waals surface area contributed by atoms with E-state index in [1.54, 1.807) is 4.90 Å². The average Bonchev–Trinajstić information content (AvgIpc) is 3.18. The Balaban J connectivity index is 1.67. The van der Waals surface area contributed by atoms with E-state index in [9.17, 15) is 15.2 Å². The van der Waals surface area contributed by atoms with Gasteiger partial charge >= 0.3 is 6.09 Å². The van der Waals surface area contributed by atoms with Gasteiger partial charge < -0.3 is 10.0 Å². The molecule has 2 N–H and O–H groups in total. The number of hydrogen-bond acceptors (Lipinski definition) is 6. The molecule has 0 saturated carbocycles. The van der Waals surface area contributed by atoms with Crippen LogP contribution < -0.4 is 4.90 Å². The Bertz CT molecular complexity index is 1300. The molecule has 0 unspecified atom stereocenters. The van der Waals surface area contributed by atoms with Gasteiger partial charge in [-0.05, 0) is 62.5 Å². The number of nitriles is 1. The number of fused-ring (bicyclic) bond motifs is 1. The normalized spacial score (nSPS) is 15.9. The van der Waals surface area contributed by atoms with Crippen molar-refractivity contribution in [2.75, 3.05) is 18.0 Å². The molecule has 34 heavy (non-hydrogen) atoms. The van der Waals surface area contributed by atoms with Crippen LogP contribution in [-0.4, -0.2) is 60.4 Å². The van der Waals surface area contributed by atoms with Gasteiger partial charge in [0.15, 0.2) is 11.3 Å². The molecule has 0 radical (unpaired) electrons. The lowest BCUT2D eigenvalue weighted by Gasteiger charge is -2.50. The molecule has 0 atom stereocenters. The smallest absolute Gasteiger partial charge is 0.408 e. The lowest BCUT2D eigenvalue weighted by Crippen LogP contribution is -2.61. The van der Waals surface area contributed by atoms with E-state index >= 15 is 0 Å². The van der Waals surface area contributed by atoms with Crippen molar-refractivity contribution in [3.8, 4) is 17.3 Å². The largest absolute Gasteiger partial charge is 0.465 e. The van der Waals surface area contributed by atoms with Gasteiger partial charge in [-0.15, -0.1) is 0 Å². The highest BCUT2D eigenvalue weighted by atomic mass is 79.9. The number of carbonyl (C=O) groups is 1. The Kier molecular flexibility index (Phi) is 6.21. The summed E-state index contributed by atoms with van der Waals surface area (Å²) >= 11 is 9.88. The summed E-state index contributed by atoms with van der Waals surface area (Å²) in [4.78, 5) is 24.7. The van der Waals surface area contributed by atoms with Crippen molar-refractivity contribution < 1.29 is 9.90 Å². The summed E-state index contributed by atoms with van der Waals surface area (Å²) in [6.45, 7) is 8.82. The summed E-state index contributed by atoms with van der Waals surface area (Å²) in [5.41, 5.74) is 0.795. The van der Waals surface area contributed by atoms with E-state index in [1.807, 2.05) is 50.8 Å². The predicted octanol–water partition coefficient (Wildman–Crippen LogP) is 5.44. The maximum absolute atomic E-state index is 12.0. The molecule has 1 aliphatic heterocycles. The number of nitrogens with zero attached hydrogens (tertiary/aromatic N) is 6. The number of H-pyrrole nitrogens is 1. The monoisotopic (exact) mass is 545 g/mol. The maximum atomic E-state index is 12.0. The molecule has 1 aromatic carbocycles. The van der Waals surface area contributed by atoms with Crippen molar-refractivity contribution in [3.63, 3.8) is 0 Å². The molecular formula is C23H25BrClN7O2. The van der Waals surface area contributed by atoms with E-state index in [-0.39, 0.29) is 5.69 Å². The first kappa shape index (κ1) is 24.2. The number of carboxylic acid groups (broad SMARTS) is 1. The van der Waals surface area contributed by atoms with E-state index in [4.69, 9.17) is 11.6 Å². The average molecular weight is 547 g/mol. The Hall–Kier alpha value is -2.90. The third kappa shape index (κ3) is 4.18. The second-order valence-electron chi connectivity index (χ2n) is 9.65. The first-order valence-electron chi connectivity index (χ1n) is 10.8. The fraction of sp³-hybridized carbons (Fsp3) is 0.435. The number of piperidine rings is 1. The van der Waals surface area contributed by atoms with Gasteiger partial charge in [-0.2, -0.15) is 15.3 Å². The molecule has 4 rings (SSSR count). The third-order valence-corrected chi connectivity index (χ3v) is 7.54. The topological polar surface area (TPSA) is 122 Å². The third-order valence-electron chi connectivity index (χ3n) is 6.25. The molecule has 178 valence electrons. The summed E-state index contributed by atoms with van der Waals surface area (Å²) in [5, 5.41) is 28.0. The zero-order valence-corrected chi connectivity index (χ0v) is 21.7. The van der Waals surface area contributed by atoms with Gasteiger partial charge in [0.05, 0.1) is 10.4 Å². The molecule has 1 aliphatic rings. The molecule has 3 aromatic rings. The van der Waals surface area contributed by atoms with Gasteiger partial charge in [0.1, 0.15) is 11.8 Å². The number of anilines is 1. The van der Waals surface area contributed by atoms with Crippen molar-refractivity contribution in [3.05, 3.63) is 33.4 Å². The first-order chi connectivity index (χ1) is 16.0. The van der Waals surface area contributed by atoms with Crippen LogP contribution in [0.3, 0.4) is 0 Å². The summed E-state index contributed by atoms with van der Waals surface area (Å²) in [5.74, 6) is 0.416. The van der Waals surface area contributed by atoms with Gasteiger partial charge in [-0.1, -0.05) is 23.7 Å². The van der Waals surface area contributed by atoms with E-state index in [0.717, 1.165) is 4.47 Å². The SMILES string of the molecule is CC(C)(C)N(C(=O)O)C1(C)CCN(c2nc(C#N)c3c(-c4cccc(Br)c4Cl)n[nH]c3n2)CC1. The second-order valence-corrected chi connectivity index (χ2v) is 10.9. The zero-order valence-electron chi connectivity index (χ0n) is 19.4. The molecule has 11 heteroatoms. The molecule has 0 bridgehead atoms. The van der Waals surface area contributed by atoms with Crippen molar-refractivity contribution >= 4 is 50.6 Å². The first-order valence-corrected chi connectivity index (χ1v) is 12.0. The van der Waals surface area contributed by atoms with E-state index in [1.165, 1.54) is 0 Å². The highest BCUT2D eigenvalue weighted by molar-refractivity contribution is 9.10. The molecule has 9 nitrogen and oxygen atoms in total. The summed E-state index contributed by atoms with van der Waals surface area (Å²) in [6, 6.07) is 7.67. The fourth-order valence-corrected chi connectivity index (χ4v) is 5.34. The quantitative estimate of drug-likeness (QED) is 0.448. The Morgan fingerprint density at radius 2 is 2.00 bits per heavy atom. The van der Waals surface area contributed by atoms with Crippen LogP contribution in [0.2, 0.25) is 5.02 Å². The minimum atomic E-state index is -0.927. The zero-order chi connectivity index (χ0) is 24.8. The summed E-state index contributed by atoms with van der Waals surface area (Å²) in [6.07, 6.45) is 0.299. The number of aromatic nitrogens is 4. The number of halogens is 2. The van der Waals surface area contributed by atoms with Gasteiger partial charge in [0, 0.05) is 34.2 Å². The molecule has 0 aliphatic carbocycles. The van der Waals surface area contributed by atoms with Crippen molar-refractivity contribution in [2.24, 2.45) is 0 Å². The van der Waals surface area contributed by atoms with Crippen molar-refractivity contribution in [1.82, 2.24) is 25.1 Å². The minimum absolute atomic E-state index is 0.204. The Morgan fingerprint density at radius 3 is 2.59 bits per heavy atom. The van der Waals surface area contributed by atoms with Gasteiger partial charge in [0.25, 0.3) is 0 Å². The van der Waals surface area contributed by atoms with Crippen LogP contribution in [-0.2, 0) is 0 Å². The van der Waals surface area contributed by atoms with Crippen LogP contribution in [0.5, 0.6) is 0 Å². The molecule has 1 amide bonds. The molecule has 1 saturated heterocycles. The second kappa shape index (κ2) is 8.71. The molecule has 1 fully saturated rings. The van der Waals surface area contributed by atoms with Crippen LogP contribution >= 0.6 is 27.5 Å². The highest BCUT2D eigenvalue weighted by Crippen LogP contribution is 2.38. The number of nitrogens with one attached hydrogen (secondary N) is 1. The molecular weight excluding hydrogens is 522 g/mol. The Labute approximate surface area is 210 Å². The van der Waals surface area contributed by atoms with E-state index < -0.39 is 17.2 Å². The standard InChI is InChI=1S/C23H25BrClN7O2/c1-22(2,3)32(21(33)34)23(4)8-10-31(11-9-23)20-27-15(12-26)16-18(29-30-19(16)28-20)13-6-5-7-14(24)17(13)25/h5-7H,8-11H2,1-4H3,(H,33,34)(H,27,28,29,30). The number of rotatable bonds is 3. The minimum Gasteiger partial charge on any atom is -0.465 e. The lowest BCUT2D eigenvalue weighted by atomic mass is 9.84. The van der Waals surface area contributed by atoms with Crippen LogP contribution in [0.15, 0.2) is 22.7 Å². The van der Waals surface area contributed by atoms with Crippen molar-refractivity contribution in [2.45, 2.75) is 51.6 Å². The Morgan fingerprint density at radius 1 is 1.32 bits per heavy atom. The lowest BCUT2D eigenvalue weighted by molar-refractivity contribution is 0.0117. The van der Waals surface area contributed by atoms with Crippen LogP contribution in [0, 0.1) is 11.3 Å². The van der Waals surface area contributed by atoms with Gasteiger partial charge in [-0.25, -0.2) is 9.78 Å². The van der Waals surface area contributed by atoms with E-state index in [2.05, 4.69) is 42.2 Å². The number of aromatic amines is 1. The van der Waals surface area contributed by atoms with Crippen LogP contribution in [0.1, 0.15) is 46.2 Å². The highest BCUT2D eigenvalue weighted by Gasteiger charge is 2.44. The number of amides is 1. The molecule has 2 aromatic heterocycles. The number of hydrogen-bond donors (Lipinski definition) is 2. The van der Waals surface area contributed by atoms with Crippen molar-refractivity contribution in [1.29, 1.82) is 5.26 Å². The van der Waals surface area contributed by atoms with Gasteiger partial charge in [-0.3, -0.25) is 10.00 Å². The number of benzene rings is 1. The van der Waals surface area contributed by atoms with Crippen LogP contribution in [0.25, 0.3) is 22.3 Å². The van der Waals surface area contributed by atoms with E-state index in [0.29, 0.717) is 59.2 Å². The maximum Gasteiger partial charge on any atom is 0.408 e. The summed E-state index contributed by atoms with van der Waals surface area (Å²) in [7, 11) is 0.